The lowest BCUT2D eigenvalue weighted by atomic mass is 9.78. The van der Waals surface area contributed by atoms with Gasteiger partial charge in [-0.3, -0.25) is 0 Å². The Hall–Kier alpha value is -3.57. The van der Waals surface area contributed by atoms with Crippen molar-refractivity contribution in [1.82, 2.24) is 0 Å². The fourth-order valence-corrected chi connectivity index (χ4v) is 6.02. The molecule has 0 aliphatic rings. The molecule has 0 bridgehead atoms. The van der Waals surface area contributed by atoms with Crippen molar-refractivity contribution in [3.05, 3.63) is 103 Å². The topological polar surface area (TPSA) is 52.6 Å². The van der Waals surface area contributed by atoms with Gasteiger partial charge in [-0.1, -0.05) is 71.0 Å². The first-order valence-corrected chi connectivity index (χ1v) is 16.1. The molecule has 4 aromatic carbocycles. The highest BCUT2D eigenvalue weighted by molar-refractivity contribution is 7.91. The van der Waals surface area contributed by atoms with Crippen molar-refractivity contribution in [3.8, 4) is 28.4 Å². The second-order valence-electron chi connectivity index (χ2n) is 11.2. The number of sulfone groups is 1. The van der Waals surface area contributed by atoms with Gasteiger partial charge in [0.1, 0.15) is 22.8 Å². The van der Waals surface area contributed by atoms with Gasteiger partial charge in [0.25, 0.3) is 0 Å². The van der Waals surface area contributed by atoms with E-state index in [1.807, 2.05) is 48.5 Å². The van der Waals surface area contributed by atoms with Crippen LogP contribution in [0.2, 0.25) is 0 Å². The maximum absolute atomic E-state index is 13.2. The Morgan fingerprint density at radius 1 is 0.537 bits per heavy atom. The van der Waals surface area contributed by atoms with Crippen LogP contribution in [0.3, 0.4) is 0 Å². The zero-order valence-corrected chi connectivity index (χ0v) is 25.9. The molecule has 0 unspecified atom stereocenters. The predicted molar refractivity (Wildman–Crippen MR) is 168 cm³/mol. The van der Waals surface area contributed by atoms with Crippen LogP contribution in [-0.2, 0) is 15.3 Å². The molecule has 0 atom stereocenters. The summed E-state index contributed by atoms with van der Waals surface area (Å²) in [7, 11) is -3.62. The van der Waals surface area contributed by atoms with E-state index in [4.69, 9.17) is 9.47 Å². The standard InChI is InChI=1S/C36H42O4S/c1-7-35(5,8-2)29-15-23-33(24-16-29)41(37,38)34-25-21-31(22-26-34)39-30-17-11-27(12-18-30)28-13-19-32(20-14-28)40-36(6,9-3)10-4/h11-26H,7-10H2,1-6H3. The Bertz CT molecular complexity index is 1510. The zero-order valence-electron chi connectivity index (χ0n) is 25.1. The van der Waals surface area contributed by atoms with Crippen LogP contribution >= 0.6 is 0 Å². The van der Waals surface area contributed by atoms with E-state index >= 15 is 0 Å². The van der Waals surface area contributed by atoms with Gasteiger partial charge in [-0.15, -0.1) is 0 Å². The van der Waals surface area contributed by atoms with E-state index in [0.29, 0.717) is 16.4 Å². The molecule has 4 nitrogen and oxygen atoms in total. The van der Waals surface area contributed by atoms with Crippen LogP contribution in [0.25, 0.3) is 11.1 Å². The molecule has 0 saturated carbocycles. The Balaban J connectivity index is 1.42. The summed E-state index contributed by atoms with van der Waals surface area (Å²) < 4.78 is 38.7. The maximum Gasteiger partial charge on any atom is 0.206 e. The van der Waals surface area contributed by atoms with Gasteiger partial charge < -0.3 is 9.47 Å². The number of benzene rings is 4. The molecule has 0 radical (unpaired) electrons. The van der Waals surface area contributed by atoms with Crippen molar-refractivity contribution in [1.29, 1.82) is 0 Å². The molecule has 0 aromatic heterocycles. The Morgan fingerprint density at radius 3 is 1.34 bits per heavy atom. The summed E-state index contributed by atoms with van der Waals surface area (Å²) in [5.74, 6) is 2.12. The molecule has 41 heavy (non-hydrogen) atoms. The van der Waals surface area contributed by atoms with E-state index in [1.54, 1.807) is 36.4 Å². The van der Waals surface area contributed by atoms with Crippen LogP contribution in [0.5, 0.6) is 17.2 Å². The molecule has 0 heterocycles. The molecule has 0 aliphatic heterocycles. The van der Waals surface area contributed by atoms with Gasteiger partial charge in [0.2, 0.25) is 9.84 Å². The molecule has 5 heteroatoms. The molecular weight excluding hydrogens is 528 g/mol. The Labute approximate surface area is 246 Å². The normalized spacial score (nSPS) is 12.2. The van der Waals surface area contributed by atoms with Gasteiger partial charge >= 0.3 is 0 Å². The van der Waals surface area contributed by atoms with Crippen molar-refractivity contribution in [2.45, 2.75) is 88.0 Å². The molecule has 0 fully saturated rings. The molecule has 4 rings (SSSR count). The van der Waals surface area contributed by atoms with Gasteiger partial charge in [0.05, 0.1) is 9.79 Å². The molecule has 0 spiro atoms. The van der Waals surface area contributed by atoms with Gasteiger partial charge in [0, 0.05) is 0 Å². The van der Waals surface area contributed by atoms with Crippen LogP contribution in [0.15, 0.2) is 107 Å². The number of ether oxygens (including phenoxy) is 2. The number of hydrogen-bond acceptors (Lipinski definition) is 4. The van der Waals surface area contributed by atoms with Gasteiger partial charge in [-0.2, -0.15) is 0 Å². The van der Waals surface area contributed by atoms with Crippen molar-refractivity contribution in [3.63, 3.8) is 0 Å². The minimum atomic E-state index is -3.62. The van der Waals surface area contributed by atoms with Crippen LogP contribution < -0.4 is 9.47 Å². The lowest BCUT2D eigenvalue weighted by molar-refractivity contribution is 0.0803. The maximum atomic E-state index is 13.2. The average Bonchev–Trinajstić information content (AvgIpc) is 3.01. The third-order valence-electron chi connectivity index (χ3n) is 8.69. The zero-order chi connectivity index (χ0) is 29.7. The highest BCUT2D eigenvalue weighted by Crippen LogP contribution is 2.33. The minimum absolute atomic E-state index is 0.0460. The van der Waals surface area contributed by atoms with Crippen molar-refractivity contribution in [2.24, 2.45) is 0 Å². The number of rotatable bonds is 12. The molecule has 4 aromatic rings. The molecule has 0 saturated heterocycles. The van der Waals surface area contributed by atoms with Crippen molar-refractivity contribution >= 4 is 9.84 Å². The molecule has 0 amide bonds. The predicted octanol–water partition coefficient (Wildman–Crippen LogP) is 10.0. The van der Waals surface area contributed by atoms with E-state index in [9.17, 15) is 8.42 Å². The van der Waals surface area contributed by atoms with Gasteiger partial charge in [-0.05, 0) is 115 Å². The SMILES string of the molecule is CCC(C)(CC)Oc1ccc(-c2ccc(Oc3ccc(S(=O)(=O)c4ccc(C(C)(CC)CC)cc4)cc3)cc2)cc1. The third-order valence-corrected chi connectivity index (χ3v) is 10.5. The number of hydrogen-bond donors (Lipinski definition) is 0. The Morgan fingerprint density at radius 2 is 0.927 bits per heavy atom. The molecule has 0 aliphatic carbocycles. The van der Waals surface area contributed by atoms with E-state index in [1.165, 1.54) is 0 Å². The quantitative estimate of drug-likeness (QED) is 0.170. The summed E-state index contributed by atoms with van der Waals surface area (Å²) in [4.78, 5) is 0.539. The van der Waals surface area contributed by atoms with Crippen molar-refractivity contribution in [2.75, 3.05) is 0 Å². The molecule has 216 valence electrons. The highest BCUT2D eigenvalue weighted by Gasteiger charge is 2.24. The lowest BCUT2D eigenvalue weighted by Gasteiger charge is -2.28. The lowest BCUT2D eigenvalue weighted by Crippen LogP contribution is -2.30. The summed E-state index contributed by atoms with van der Waals surface area (Å²) in [6.45, 7) is 13.0. The summed E-state index contributed by atoms with van der Waals surface area (Å²) >= 11 is 0. The summed E-state index contributed by atoms with van der Waals surface area (Å²) in [6, 6.07) is 29.9. The largest absolute Gasteiger partial charge is 0.488 e. The smallest absolute Gasteiger partial charge is 0.206 e. The van der Waals surface area contributed by atoms with Crippen LogP contribution in [0.4, 0.5) is 0 Å². The second-order valence-corrected chi connectivity index (χ2v) is 13.1. The Kier molecular flexibility index (Phi) is 9.28. The van der Waals surface area contributed by atoms with E-state index in [0.717, 1.165) is 48.1 Å². The first-order valence-electron chi connectivity index (χ1n) is 14.6. The highest BCUT2D eigenvalue weighted by atomic mass is 32.2. The van der Waals surface area contributed by atoms with Crippen molar-refractivity contribution < 1.29 is 17.9 Å². The minimum Gasteiger partial charge on any atom is -0.488 e. The summed E-state index contributed by atoms with van der Waals surface area (Å²) in [5, 5.41) is 0. The third kappa shape index (κ3) is 6.84. The van der Waals surface area contributed by atoms with Crippen LogP contribution in [0.1, 0.15) is 72.8 Å². The first-order chi connectivity index (χ1) is 19.6. The first kappa shape index (κ1) is 30.4. The van der Waals surface area contributed by atoms with Gasteiger partial charge in [0.15, 0.2) is 0 Å². The van der Waals surface area contributed by atoms with Crippen LogP contribution in [0, 0.1) is 0 Å². The summed E-state index contributed by atoms with van der Waals surface area (Å²) in [5.41, 5.74) is 3.22. The van der Waals surface area contributed by atoms with E-state index in [-0.39, 0.29) is 15.9 Å². The fourth-order valence-electron chi connectivity index (χ4n) is 4.76. The molecule has 0 N–H and O–H groups in total. The fraction of sp³-hybridized carbons (Fsp3) is 0.333. The second kappa shape index (κ2) is 12.5. The average molecular weight is 571 g/mol. The molecular formula is C36H42O4S. The van der Waals surface area contributed by atoms with Crippen LogP contribution in [-0.4, -0.2) is 14.0 Å². The summed E-state index contributed by atoms with van der Waals surface area (Å²) in [6.07, 6.45) is 3.91. The van der Waals surface area contributed by atoms with E-state index < -0.39 is 9.84 Å². The monoisotopic (exact) mass is 570 g/mol. The van der Waals surface area contributed by atoms with E-state index in [2.05, 4.69) is 53.7 Å². The van der Waals surface area contributed by atoms with Gasteiger partial charge in [-0.25, -0.2) is 8.42 Å².